The van der Waals surface area contributed by atoms with Crippen LogP contribution >= 0.6 is 12.4 Å². The fourth-order valence-electron chi connectivity index (χ4n) is 0.920. The van der Waals surface area contributed by atoms with E-state index in [4.69, 9.17) is 0 Å². The summed E-state index contributed by atoms with van der Waals surface area (Å²) < 4.78 is 34.7. The molecule has 5 heteroatoms. The van der Waals surface area contributed by atoms with Crippen LogP contribution in [0.15, 0.2) is 0 Å². The fourth-order valence-corrected chi connectivity index (χ4v) is 0.920. The standard InChI is InChI=1S/C6H10F3N.ClH/c7-6(8,9)2-1-5-3-10-4-5;/h5,10H,1-4H2;1H. The maximum absolute atomic E-state index is 11.6. The molecule has 0 spiro atoms. The van der Waals surface area contributed by atoms with E-state index in [2.05, 4.69) is 5.32 Å². The molecule has 1 rings (SSSR count). The van der Waals surface area contributed by atoms with Crippen LogP contribution in [-0.4, -0.2) is 19.3 Å². The predicted molar refractivity (Wildman–Crippen MR) is 38.9 cm³/mol. The number of alkyl halides is 3. The molecule has 1 saturated heterocycles. The summed E-state index contributed by atoms with van der Waals surface area (Å²) in [7, 11) is 0. The van der Waals surface area contributed by atoms with Gasteiger partial charge in [-0.15, -0.1) is 12.4 Å². The Morgan fingerprint density at radius 2 is 1.82 bits per heavy atom. The molecule has 0 amide bonds. The molecule has 0 radical (unpaired) electrons. The van der Waals surface area contributed by atoms with Gasteiger partial charge in [0.2, 0.25) is 0 Å². The minimum absolute atomic E-state index is 0. The molecule has 0 bridgehead atoms. The molecule has 0 atom stereocenters. The van der Waals surface area contributed by atoms with E-state index in [0.29, 0.717) is 0 Å². The van der Waals surface area contributed by atoms with Crippen LogP contribution in [0.3, 0.4) is 0 Å². The molecular formula is C6H11ClF3N. The van der Waals surface area contributed by atoms with Crippen LogP contribution in [0.5, 0.6) is 0 Å². The summed E-state index contributed by atoms with van der Waals surface area (Å²) in [6.07, 6.45) is -4.30. The molecule has 1 fully saturated rings. The van der Waals surface area contributed by atoms with Crippen molar-refractivity contribution < 1.29 is 13.2 Å². The highest BCUT2D eigenvalue weighted by Crippen LogP contribution is 2.25. The fraction of sp³-hybridized carbons (Fsp3) is 1.00. The first-order chi connectivity index (χ1) is 4.58. The molecule has 0 unspecified atom stereocenters. The minimum Gasteiger partial charge on any atom is -0.316 e. The van der Waals surface area contributed by atoms with Gasteiger partial charge in [-0.25, -0.2) is 0 Å². The average molecular weight is 190 g/mol. The molecule has 68 valence electrons. The lowest BCUT2D eigenvalue weighted by atomic mass is 9.97. The second-order valence-electron chi connectivity index (χ2n) is 2.68. The lowest BCUT2D eigenvalue weighted by Gasteiger charge is -2.27. The van der Waals surface area contributed by atoms with Gasteiger partial charge in [0.25, 0.3) is 0 Å². The Morgan fingerprint density at radius 3 is 2.09 bits per heavy atom. The molecule has 0 aromatic rings. The molecule has 0 aromatic heterocycles. The van der Waals surface area contributed by atoms with E-state index in [0.717, 1.165) is 13.1 Å². The molecule has 1 aliphatic rings. The highest BCUT2D eigenvalue weighted by atomic mass is 35.5. The summed E-state index contributed by atoms with van der Waals surface area (Å²) in [6, 6.07) is 0. The summed E-state index contributed by atoms with van der Waals surface area (Å²) in [5.41, 5.74) is 0. The predicted octanol–water partition coefficient (Wildman–Crippen LogP) is 1.97. The Morgan fingerprint density at radius 1 is 1.27 bits per heavy atom. The van der Waals surface area contributed by atoms with Crippen molar-refractivity contribution in [2.45, 2.75) is 19.0 Å². The quantitative estimate of drug-likeness (QED) is 0.701. The van der Waals surface area contributed by atoms with Crippen LogP contribution < -0.4 is 5.32 Å². The summed E-state index contributed by atoms with van der Waals surface area (Å²) in [4.78, 5) is 0. The molecule has 1 aliphatic heterocycles. The van der Waals surface area contributed by atoms with Crippen molar-refractivity contribution in [3.8, 4) is 0 Å². The van der Waals surface area contributed by atoms with Crippen LogP contribution in [-0.2, 0) is 0 Å². The Bertz CT molecular complexity index is 111. The van der Waals surface area contributed by atoms with Crippen molar-refractivity contribution in [2.24, 2.45) is 5.92 Å². The molecule has 11 heavy (non-hydrogen) atoms. The van der Waals surface area contributed by atoms with E-state index in [1.165, 1.54) is 0 Å². The first-order valence-corrected chi connectivity index (χ1v) is 3.35. The molecule has 1 heterocycles. The summed E-state index contributed by atoms with van der Waals surface area (Å²) in [5.74, 6) is 0.265. The molecule has 1 N–H and O–H groups in total. The van der Waals surface area contributed by atoms with E-state index >= 15 is 0 Å². The number of rotatable bonds is 2. The van der Waals surface area contributed by atoms with Crippen molar-refractivity contribution in [3.05, 3.63) is 0 Å². The van der Waals surface area contributed by atoms with Gasteiger partial charge in [-0.05, 0) is 25.4 Å². The van der Waals surface area contributed by atoms with Gasteiger partial charge in [-0.1, -0.05) is 0 Å². The van der Waals surface area contributed by atoms with E-state index in [-0.39, 0.29) is 24.7 Å². The first-order valence-electron chi connectivity index (χ1n) is 3.35. The number of hydrogen-bond donors (Lipinski definition) is 1. The van der Waals surface area contributed by atoms with Crippen LogP contribution in [0.2, 0.25) is 0 Å². The van der Waals surface area contributed by atoms with Crippen molar-refractivity contribution in [2.75, 3.05) is 13.1 Å². The summed E-state index contributed by atoms with van der Waals surface area (Å²) in [5, 5.41) is 2.93. The number of hydrogen-bond acceptors (Lipinski definition) is 1. The normalized spacial score (nSPS) is 18.8. The number of nitrogens with one attached hydrogen (secondary N) is 1. The van der Waals surface area contributed by atoms with Gasteiger partial charge in [0, 0.05) is 6.42 Å². The lowest BCUT2D eigenvalue weighted by Crippen LogP contribution is -2.42. The van der Waals surface area contributed by atoms with E-state index in [1.54, 1.807) is 0 Å². The molecule has 0 aliphatic carbocycles. The zero-order valence-electron chi connectivity index (χ0n) is 5.95. The molecule has 0 aromatic carbocycles. The maximum atomic E-state index is 11.6. The van der Waals surface area contributed by atoms with E-state index < -0.39 is 12.6 Å². The smallest absolute Gasteiger partial charge is 0.316 e. The van der Waals surface area contributed by atoms with E-state index in [9.17, 15) is 13.2 Å². The minimum atomic E-state index is -3.96. The number of halogens is 4. The molecule has 1 nitrogen and oxygen atoms in total. The topological polar surface area (TPSA) is 12.0 Å². The average Bonchev–Trinajstić information content (AvgIpc) is 1.56. The van der Waals surface area contributed by atoms with Gasteiger partial charge in [-0.3, -0.25) is 0 Å². The third-order valence-corrected chi connectivity index (χ3v) is 1.70. The van der Waals surface area contributed by atoms with Crippen LogP contribution in [0.25, 0.3) is 0 Å². The molecular weight excluding hydrogens is 179 g/mol. The largest absolute Gasteiger partial charge is 0.389 e. The Kier molecular flexibility index (Phi) is 4.18. The van der Waals surface area contributed by atoms with Crippen molar-refractivity contribution >= 4 is 12.4 Å². The first kappa shape index (κ1) is 11.0. The van der Waals surface area contributed by atoms with Gasteiger partial charge >= 0.3 is 6.18 Å². The van der Waals surface area contributed by atoms with Gasteiger partial charge in [0.15, 0.2) is 0 Å². The maximum Gasteiger partial charge on any atom is 0.389 e. The third kappa shape index (κ3) is 4.48. The third-order valence-electron chi connectivity index (χ3n) is 1.70. The second kappa shape index (κ2) is 4.16. The van der Waals surface area contributed by atoms with Gasteiger partial charge < -0.3 is 5.32 Å². The Hall–Kier alpha value is 0.0400. The van der Waals surface area contributed by atoms with Gasteiger partial charge in [0.1, 0.15) is 0 Å². The van der Waals surface area contributed by atoms with Gasteiger partial charge in [-0.2, -0.15) is 13.2 Å². The SMILES string of the molecule is Cl.FC(F)(F)CCC1CNC1. The lowest BCUT2D eigenvalue weighted by molar-refractivity contribution is -0.138. The zero-order chi connectivity index (χ0) is 7.61. The summed E-state index contributed by atoms with van der Waals surface area (Å²) in [6.45, 7) is 1.52. The summed E-state index contributed by atoms with van der Waals surface area (Å²) >= 11 is 0. The van der Waals surface area contributed by atoms with Crippen molar-refractivity contribution in [3.63, 3.8) is 0 Å². The monoisotopic (exact) mass is 189 g/mol. The Balaban J connectivity index is 0.000001000. The van der Waals surface area contributed by atoms with Gasteiger partial charge in [0.05, 0.1) is 0 Å². The molecule has 0 saturated carbocycles. The van der Waals surface area contributed by atoms with Crippen LogP contribution in [0.4, 0.5) is 13.2 Å². The van der Waals surface area contributed by atoms with Crippen molar-refractivity contribution in [1.29, 1.82) is 0 Å². The van der Waals surface area contributed by atoms with Crippen LogP contribution in [0.1, 0.15) is 12.8 Å². The Labute approximate surface area is 69.8 Å². The van der Waals surface area contributed by atoms with Crippen LogP contribution in [0, 0.1) is 5.92 Å². The van der Waals surface area contributed by atoms with Crippen molar-refractivity contribution in [1.82, 2.24) is 5.32 Å². The second-order valence-corrected chi connectivity index (χ2v) is 2.68. The van der Waals surface area contributed by atoms with E-state index in [1.807, 2.05) is 0 Å². The zero-order valence-corrected chi connectivity index (χ0v) is 6.76. The highest BCUT2D eigenvalue weighted by molar-refractivity contribution is 5.85. The highest BCUT2D eigenvalue weighted by Gasteiger charge is 2.29.